The van der Waals surface area contributed by atoms with Crippen LogP contribution in [0.1, 0.15) is 33.6 Å². The number of rotatable bonds is 10. The van der Waals surface area contributed by atoms with E-state index in [1.54, 1.807) is 14.1 Å². The molecule has 0 bridgehead atoms. The molecule has 0 spiro atoms. The molecule has 176 valence electrons. The first-order chi connectivity index (χ1) is 14.1. The summed E-state index contributed by atoms with van der Waals surface area (Å²) in [6.45, 7) is 7.49. The molecule has 1 rings (SSSR count). The van der Waals surface area contributed by atoms with Crippen LogP contribution in [0.3, 0.4) is 0 Å². The number of nitrogens with zero attached hydrogens (tertiary/aromatic N) is 3. The van der Waals surface area contributed by atoms with Gasteiger partial charge >= 0.3 is 5.97 Å². The van der Waals surface area contributed by atoms with Crippen LogP contribution >= 0.6 is 24.0 Å². The fourth-order valence-corrected chi connectivity index (χ4v) is 2.47. The first-order valence-electron chi connectivity index (χ1n) is 10.3. The second kappa shape index (κ2) is 14.9. The van der Waals surface area contributed by atoms with E-state index in [-0.39, 0.29) is 48.8 Å². The molecule has 31 heavy (non-hydrogen) atoms. The molecule has 8 nitrogen and oxygen atoms in total. The van der Waals surface area contributed by atoms with E-state index in [0.29, 0.717) is 19.0 Å². The highest BCUT2D eigenvalue weighted by Gasteiger charge is 2.16. The monoisotopic (exact) mass is 547 g/mol. The van der Waals surface area contributed by atoms with Crippen molar-refractivity contribution in [1.82, 2.24) is 15.5 Å². The van der Waals surface area contributed by atoms with Crippen molar-refractivity contribution in [2.75, 3.05) is 52.2 Å². The van der Waals surface area contributed by atoms with Gasteiger partial charge in [-0.05, 0) is 39.3 Å². The Hall–Kier alpha value is -2.04. The largest absolute Gasteiger partial charge is 0.460 e. The number of para-hydroxylation sites is 1. The lowest BCUT2D eigenvalue weighted by Gasteiger charge is -2.20. The van der Waals surface area contributed by atoms with Gasteiger partial charge in [-0.15, -0.1) is 24.0 Å². The van der Waals surface area contributed by atoms with Gasteiger partial charge in [0.1, 0.15) is 12.1 Å². The Bertz CT molecular complexity index is 690. The average molecular weight is 547 g/mol. The quantitative estimate of drug-likeness (QED) is 0.154. The third-order valence-corrected chi connectivity index (χ3v) is 4.07. The number of nitrogens with one attached hydrogen (secondary N) is 2. The van der Waals surface area contributed by atoms with E-state index in [4.69, 9.17) is 4.74 Å². The summed E-state index contributed by atoms with van der Waals surface area (Å²) < 4.78 is 5.31. The fourth-order valence-electron chi connectivity index (χ4n) is 2.47. The summed E-state index contributed by atoms with van der Waals surface area (Å²) >= 11 is 0. The second-order valence-electron chi connectivity index (χ2n) is 8.25. The minimum atomic E-state index is -0.505. The van der Waals surface area contributed by atoms with Crippen LogP contribution < -0.4 is 15.5 Å². The topological polar surface area (TPSA) is 86.3 Å². The zero-order valence-corrected chi connectivity index (χ0v) is 21.9. The van der Waals surface area contributed by atoms with E-state index in [1.165, 1.54) is 10.6 Å². The highest BCUT2D eigenvalue weighted by atomic mass is 127. The summed E-state index contributed by atoms with van der Waals surface area (Å²) in [6.07, 6.45) is 1.11. The lowest BCUT2D eigenvalue weighted by molar-refractivity contribution is -0.154. The van der Waals surface area contributed by atoms with Crippen molar-refractivity contribution in [3.8, 4) is 0 Å². The van der Waals surface area contributed by atoms with Crippen LogP contribution in [0.25, 0.3) is 0 Å². The van der Waals surface area contributed by atoms with Gasteiger partial charge in [-0.25, -0.2) is 4.99 Å². The van der Waals surface area contributed by atoms with Crippen LogP contribution in [0.4, 0.5) is 5.69 Å². The Morgan fingerprint density at radius 3 is 2.23 bits per heavy atom. The van der Waals surface area contributed by atoms with Crippen LogP contribution in [0.5, 0.6) is 0 Å². The van der Waals surface area contributed by atoms with Gasteiger partial charge in [-0.1, -0.05) is 18.2 Å². The first-order valence-corrected chi connectivity index (χ1v) is 10.3. The summed E-state index contributed by atoms with van der Waals surface area (Å²) in [4.78, 5) is 31.7. The molecule has 0 fully saturated rings. The van der Waals surface area contributed by atoms with Gasteiger partial charge in [0.05, 0.1) is 6.42 Å². The van der Waals surface area contributed by atoms with Gasteiger partial charge in [0.25, 0.3) is 0 Å². The number of guanidine groups is 1. The maximum Gasteiger partial charge on any atom is 0.308 e. The zero-order valence-electron chi connectivity index (χ0n) is 19.6. The molecular formula is C22H38IN5O3. The Morgan fingerprint density at radius 2 is 1.65 bits per heavy atom. The maximum absolute atomic E-state index is 11.9. The van der Waals surface area contributed by atoms with E-state index >= 15 is 0 Å². The van der Waals surface area contributed by atoms with E-state index in [2.05, 4.69) is 39.7 Å². The number of likely N-dealkylation sites (N-methyl/N-ethyl adjacent to an activating group) is 1. The number of carbonyl (C=O) groups is 2. The Kier molecular flexibility index (Phi) is 13.9. The minimum Gasteiger partial charge on any atom is -0.460 e. The molecule has 2 N–H and O–H groups in total. The highest BCUT2D eigenvalue weighted by molar-refractivity contribution is 14.0. The van der Waals surface area contributed by atoms with Crippen molar-refractivity contribution in [3.63, 3.8) is 0 Å². The van der Waals surface area contributed by atoms with Crippen molar-refractivity contribution < 1.29 is 14.3 Å². The third kappa shape index (κ3) is 13.8. The predicted molar refractivity (Wildman–Crippen MR) is 137 cm³/mol. The van der Waals surface area contributed by atoms with Crippen molar-refractivity contribution in [3.05, 3.63) is 30.3 Å². The molecule has 0 heterocycles. The Balaban J connectivity index is 0.00000900. The van der Waals surface area contributed by atoms with E-state index in [1.807, 2.05) is 39.0 Å². The van der Waals surface area contributed by atoms with E-state index < -0.39 is 5.60 Å². The molecule has 9 heteroatoms. The third-order valence-electron chi connectivity index (χ3n) is 4.07. The highest BCUT2D eigenvalue weighted by Crippen LogP contribution is 2.10. The smallest absolute Gasteiger partial charge is 0.308 e. The number of benzene rings is 1. The summed E-state index contributed by atoms with van der Waals surface area (Å²) in [5, 5.41) is 6.34. The standard InChI is InChI=1S/C22H37N5O3.HI/c1-22(2,3)30-20(29)13-15-24-21(25-17-19(28)26(4)5)23-14-10-16-27(6)18-11-8-7-9-12-18;/h7-9,11-12H,10,13-17H2,1-6H3,(H2,23,24,25);1H. The molecule has 0 atom stereocenters. The molecular weight excluding hydrogens is 509 g/mol. The second-order valence-corrected chi connectivity index (χ2v) is 8.25. The van der Waals surface area contributed by atoms with E-state index in [0.717, 1.165) is 13.0 Å². The van der Waals surface area contributed by atoms with Crippen molar-refractivity contribution in [2.24, 2.45) is 4.99 Å². The lowest BCUT2D eigenvalue weighted by atomic mass is 10.2. The summed E-state index contributed by atoms with van der Waals surface area (Å²) in [5.74, 6) is 0.145. The minimum absolute atomic E-state index is 0. The van der Waals surface area contributed by atoms with Gasteiger partial charge in [0.2, 0.25) is 5.91 Å². The SMILES string of the molecule is CN(C)C(=O)CN=C(NCCCN(C)c1ccccc1)NCCC(=O)OC(C)(C)C.I. The summed E-state index contributed by atoms with van der Waals surface area (Å²) in [7, 11) is 5.44. The number of ether oxygens (including phenoxy) is 1. The van der Waals surface area contributed by atoms with Crippen LogP contribution in [0.2, 0.25) is 0 Å². The molecule has 0 saturated carbocycles. The normalized spacial score (nSPS) is 11.2. The van der Waals surface area contributed by atoms with Crippen LogP contribution in [-0.4, -0.2) is 75.7 Å². The molecule has 0 aliphatic rings. The van der Waals surface area contributed by atoms with Gasteiger partial charge < -0.3 is 25.2 Å². The van der Waals surface area contributed by atoms with Crippen LogP contribution in [0.15, 0.2) is 35.3 Å². The number of carbonyl (C=O) groups excluding carboxylic acids is 2. The number of anilines is 1. The Labute approximate surface area is 203 Å². The molecule has 0 saturated heterocycles. The van der Waals surface area contributed by atoms with Gasteiger partial charge in [-0.2, -0.15) is 0 Å². The summed E-state index contributed by atoms with van der Waals surface area (Å²) in [6, 6.07) is 10.2. The van der Waals surface area contributed by atoms with Crippen molar-refractivity contribution in [2.45, 2.75) is 39.2 Å². The molecule has 1 aromatic carbocycles. The number of halogens is 1. The number of amides is 1. The van der Waals surface area contributed by atoms with Gasteiger partial charge in [0.15, 0.2) is 5.96 Å². The summed E-state index contributed by atoms with van der Waals surface area (Å²) in [5.41, 5.74) is 0.660. The Morgan fingerprint density at radius 1 is 1.03 bits per heavy atom. The molecule has 1 amide bonds. The van der Waals surface area contributed by atoms with Crippen LogP contribution in [0, 0.1) is 0 Å². The zero-order chi connectivity index (χ0) is 22.6. The van der Waals surface area contributed by atoms with E-state index in [9.17, 15) is 9.59 Å². The lowest BCUT2D eigenvalue weighted by Crippen LogP contribution is -2.41. The average Bonchev–Trinajstić information content (AvgIpc) is 2.67. The van der Waals surface area contributed by atoms with Gasteiger partial charge in [0, 0.05) is 46.5 Å². The van der Waals surface area contributed by atoms with Crippen molar-refractivity contribution in [1.29, 1.82) is 0 Å². The molecule has 0 aliphatic carbocycles. The predicted octanol–water partition coefficient (Wildman–Crippen LogP) is 2.49. The number of hydrogen-bond acceptors (Lipinski definition) is 5. The van der Waals surface area contributed by atoms with Crippen molar-refractivity contribution >= 4 is 47.5 Å². The molecule has 0 aromatic heterocycles. The molecule has 1 aromatic rings. The number of aliphatic imine (C=N–C) groups is 1. The van der Waals surface area contributed by atoms with Crippen LogP contribution in [-0.2, 0) is 14.3 Å². The first kappa shape index (κ1) is 29.0. The van der Waals surface area contributed by atoms with Gasteiger partial charge in [-0.3, -0.25) is 9.59 Å². The number of hydrogen-bond donors (Lipinski definition) is 2. The fraction of sp³-hybridized carbons (Fsp3) is 0.591. The number of esters is 1. The molecule has 0 aliphatic heterocycles. The molecule has 0 radical (unpaired) electrons. The molecule has 0 unspecified atom stereocenters. The maximum atomic E-state index is 11.9.